The maximum atomic E-state index is 13.0. The van der Waals surface area contributed by atoms with Gasteiger partial charge in [0.15, 0.2) is 11.3 Å². The molecule has 0 spiro atoms. The van der Waals surface area contributed by atoms with Gasteiger partial charge in [-0.3, -0.25) is 22.9 Å². The van der Waals surface area contributed by atoms with Crippen LogP contribution in [0.25, 0.3) is 0 Å². The molecule has 3 heterocycles. The quantitative estimate of drug-likeness (QED) is 0.292. The number of ether oxygens (including phenoxy) is 2. The van der Waals surface area contributed by atoms with E-state index in [0.717, 1.165) is 16.3 Å². The number of carbonyl (C=O) groups excluding carboxylic acids is 2. The summed E-state index contributed by atoms with van der Waals surface area (Å²) in [5.41, 5.74) is 2.12. The zero-order valence-electron chi connectivity index (χ0n) is 20.4. The van der Waals surface area contributed by atoms with Gasteiger partial charge in [-0.1, -0.05) is 25.6 Å². The lowest BCUT2D eigenvalue weighted by Crippen LogP contribution is -2.49. The Morgan fingerprint density at radius 1 is 1.47 bits per heavy atom. The van der Waals surface area contributed by atoms with Crippen molar-refractivity contribution in [1.29, 1.82) is 0 Å². The summed E-state index contributed by atoms with van der Waals surface area (Å²) in [5.74, 6) is 0.146. The summed E-state index contributed by atoms with van der Waals surface area (Å²) >= 11 is 0.938. The summed E-state index contributed by atoms with van der Waals surface area (Å²) in [4.78, 5) is 39.8. The number of alkyl carbamates (subject to hydrolysis) is 1. The zero-order chi connectivity index (χ0) is 26.7. The van der Waals surface area contributed by atoms with Crippen molar-refractivity contribution >= 4 is 36.6 Å². The van der Waals surface area contributed by atoms with E-state index in [2.05, 4.69) is 10.3 Å². The van der Waals surface area contributed by atoms with Crippen molar-refractivity contribution in [2.45, 2.75) is 51.7 Å². The molecule has 1 aromatic rings. The maximum absolute atomic E-state index is 13.0. The monoisotopic (exact) mass is 550 g/mol. The number of nitrogen functional groups attached to an aromatic ring is 1. The van der Waals surface area contributed by atoms with Crippen LogP contribution in [0.1, 0.15) is 33.9 Å². The number of thioether (sulfide) groups is 1. The molecule has 5 atom stereocenters. The average molecular weight is 551 g/mol. The molecule has 0 saturated carbocycles. The van der Waals surface area contributed by atoms with Crippen molar-refractivity contribution in [3.8, 4) is 0 Å². The molecule has 202 valence electrons. The van der Waals surface area contributed by atoms with Gasteiger partial charge in [0.1, 0.15) is 23.6 Å². The van der Waals surface area contributed by atoms with E-state index in [9.17, 15) is 24.1 Å². The maximum Gasteiger partial charge on any atom is 0.475 e. The number of nitrogens with zero attached hydrogens (tertiary/aromatic N) is 2. The lowest BCUT2D eigenvalue weighted by molar-refractivity contribution is -0.117. The van der Waals surface area contributed by atoms with Crippen LogP contribution in [0.2, 0.25) is 0 Å². The number of phosphoric ester groups is 1. The molecule has 14 nitrogen and oxygen atoms in total. The van der Waals surface area contributed by atoms with Crippen molar-refractivity contribution in [3.63, 3.8) is 0 Å². The number of phosphoric acid groups is 1. The minimum absolute atomic E-state index is 0.0128. The first kappa shape index (κ1) is 28.6. The fourth-order valence-electron chi connectivity index (χ4n) is 3.57. The minimum atomic E-state index is -4.10. The molecule has 16 heteroatoms. The van der Waals surface area contributed by atoms with Gasteiger partial charge in [0.2, 0.25) is 0 Å². The molecule has 0 aliphatic carbocycles. The van der Waals surface area contributed by atoms with Crippen molar-refractivity contribution in [2.75, 3.05) is 37.9 Å². The van der Waals surface area contributed by atoms with Gasteiger partial charge in [-0.2, -0.15) is 4.98 Å². The van der Waals surface area contributed by atoms with E-state index in [1.54, 1.807) is 20.8 Å². The third-order valence-electron chi connectivity index (χ3n) is 5.53. The lowest BCUT2D eigenvalue weighted by atomic mass is 9.96. The molecule has 4 N–H and O–H groups in total. The lowest BCUT2D eigenvalue weighted by Gasteiger charge is -2.35. The summed E-state index contributed by atoms with van der Waals surface area (Å²) in [5, 5.41) is 13.4. The molecule has 0 radical (unpaired) electrons. The van der Waals surface area contributed by atoms with E-state index in [1.165, 1.54) is 19.2 Å². The number of aromatic nitrogens is 2. The zero-order valence-corrected chi connectivity index (χ0v) is 22.1. The number of nitrogens with one attached hydrogen (secondary N) is 1. The Morgan fingerprint density at radius 2 is 2.19 bits per heavy atom. The Balaban J connectivity index is 1.53. The first-order valence-corrected chi connectivity index (χ1v) is 13.6. The van der Waals surface area contributed by atoms with Crippen molar-refractivity contribution in [3.05, 3.63) is 22.7 Å². The number of fused-ring (bicyclic) bond motifs is 1. The number of rotatable bonds is 9. The number of anilines is 1. The number of carbonyl (C=O) groups is 2. The number of amides is 1. The van der Waals surface area contributed by atoms with E-state index in [4.69, 9.17) is 28.8 Å². The van der Waals surface area contributed by atoms with Crippen LogP contribution in [0.5, 0.6) is 0 Å². The molecule has 36 heavy (non-hydrogen) atoms. The highest BCUT2D eigenvalue weighted by Crippen LogP contribution is 2.58. The predicted octanol–water partition coefficient (Wildman–Crippen LogP) is 1.05. The van der Waals surface area contributed by atoms with Gasteiger partial charge in [0.05, 0.1) is 25.2 Å². The topological polar surface area (TPSA) is 191 Å². The van der Waals surface area contributed by atoms with Gasteiger partial charge in [-0.15, -0.1) is 0 Å². The Hall–Kier alpha value is -2.00. The van der Waals surface area contributed by atoms with Gasteiger partial charge < -0.3 is 25.6 Å². The van der Waals surface area contributed by atoms with Crippen LogP contribution >= 0.6 is 19.6 Å². The second-order valence-corrected chi connectivity index (χ2v) is 11.7. The summed E-state index contributed by atoms with van der Waals surface area (Å²) in [6.45, 7) is 6.32. The first-order chi connectivity index (χ1) is 16.8. The van der Waals surface area contributed by atoms with Crippen molar-refractivity contribution < 1.29 is 42.3 Å². The standard InChI is InChI=1S/C20H31N4O10PS/c1-5-30-18(27)22-11-19(2,3)16(25)36-9-8-31-35(29)32-10-12-14(34-35)20(4,28)15(33-12)24-7-6-13(21)23-17(24)26/h6-7,12,14-15,28H,5,8-11H2,1-4H3,(H,22,27)(H2,21,23,26). The van der Waals surface area contributed by atoms with Crippen LogP contribution < -0.4 is 16.7 Å². The minimum Gasteiger partial charge on any atom is -0.450 e. The molecule has 1 amide bonds. The summed E-state index contributed by atoms with van der Waals surface area (Å²) in [7, 11) is -4.10. The first-order valence-electron chi connectivity index (χ1n) is 11.2. The summed E-state index contributed by atoms with van der Waals surface area (Å²) in [6, 6.07) is 1.38. The second-order valence-electron chi connectivity index (χ2n) is 8.99. The largest absolute Gasteiger partial charge is 0.475 e. The van der Waals surface area contributed by atoms with Crippen molar-refractivity contribution in [2.24, 2.45) is 5.41 Å². The summed E-state index contributed by atoms with van der Waals surface area (Å²) < 4.78 is 40.7. The van der Waals surface area contributed by atoms with Crippen LogP contribution in [0.15, 0.2) is 17.1 Å². The number of hydrogen-bond acceptors (Lipinski definition) is 13. The normalized spacial score (nSPS) is 30.0. The van der Waals surface area contributed by atoms with Crippen LogP contribution in [-0.4, -0.2) is 75.8 Å². The number of nitrogens with two attached hydrogens (primary N) is 1. The van der Waals surface area contributed by atoms with Gasteiger partial charge >= 0.3 is 19.6 Å². The molecule has 2 aliphatic heterocycles. The molecule has 3 rings (SSSR count). The van der Waals surface area contributed by atoms with E-state index in [1.807, 2.05) is 0 Å². The predicted molar refractivity (Wildman–Crippen MR) is 128 cm³/mol. The van der Waals surface area contributed by atoms with Gasteiger partial charge in [-0.25, -0.2) is 14.2 Å². The molecular weight excluding hydrogens is 519 g/mol. The highest BCUT2D eigenvalue weighted by atomic mass is 32.2. The smallest absolute Gasteiger partial charge is 0.450 e. The molecule has 2 saturated heterocycles. The Kier molecular flexibility index (Phi) is 8.87. The third-order valence-corrected chi connectivity index (χ3v) is 8.16. The van der Waals surface area contributed by atoms with Gasteiger partial charge in [0.25, 0.3) is 0 Å². The van der Waals surface area contributed by atoms with E-state index < -0.39 is 49.1 Å². The number of hydrogen-bond donors (Lipinski definition) is 3. The molecular formula is C20H31N4O10PS. The van der Waals surface area contributed by atoms with E-state index >= 15 is 0 Å². The fraction of sp³-hybridized carbons (Fsp3) is 0.700. The third kappa shape index (κ3) is 6.46. The Morgan fingerprint density at radius 3 is 2.86 bits per heavy atom. The van der Waals surface area contributed by atoms with E-state index in [-0.39, 0.29) is 43.1 Å². The van der Waals surface area contributed by atoms with Crippen LogP contribution in [0.3, 0.4) is 0 Å². The van der Waals surface area contributed by atoms with Crippen LogP contribution in [0.4, 0.5) is 10.6 Å². The molecule has 1 aromatic heterocycles. The Bertz CT molecular complexity index is 1080. The molecule has 5 unspecified atom stereocenters. The highest BCUT2D eigenvalue weighted by molar-refractivity contribution is 8.13. The van der Waals surface area contributed by atoms with Gasteiger partial charge in [0, 0.05) is 18.5 Å². The molecule has 2 aliphatic rings. The second kappa shape index (κ2) is 11.2. The average Bonchev–Trinajstić information content (AvgIpc) is 3.05. The van der Waals surface area contributed by atoms with Crippen LogP contribution in [-0.2, 0) is 32.4 Å². The Labute approximate surface area is 211 Å². The molecule has 0 bridgehead atoms. The van der Waals surface area contributed by atoms with Crippen molar-refractivity contribution in [1.82, 2.24) is 14.9 Å². The molecule has 0 aromatic carbocycles. The summed E-state index contributed by atoms with van der Waals surface area (Å²) in [6.07, 6.45) is -2.43. The van der Waals surface area contributed by atoms with Crippen LogP contribution in [0, 0.1) is 5.41 Å². The number of aliphatic hydroxyl groups is 1. The van der Waals surface area contributed by atoms with E-state index in [0.29, 0.717) is 0 Å². The molecule has 2 fully saturated rings. The fourth-order valence-corrected chi connectivity index (χ4v) is 5.98. The highest BCUT2D eigenvalue weighted by Gasteiger charge is 2.60. The SMILES string of the molecule is CCOC(=O)NCC(C)(C)C(=O)SCCOP1(=O)OCC2OC(n3ccc(N)nc3=O)C(C)(O)C2O1. The van der Waals surface area contributed by atoms with Gasteiger partial charge in [-0.05, 0) is 19.9 Å².